The van der Waals surface area contributed by atoms with Crippen molar-refractivity contribution >= 4 is 5.69 Å². The summed E-state index contributed by atoms with van der Waals surface area (Å²) in [4.78, 5) is 16.2. The largest absolute Gasteiger partial charge is 0.375 e. The van der Waals surface area contributed by atoms with E-state index in [1.165, 1.54) is 6.33 Å². The third-order valence-electron chi connectivity index (χ3n) is 3.51. The van der Waals surface area contributed by atoms with Gasteiger partial charge in [0.15, 0.2) is 5.82 Å². The fraction of sp³-hybridized carbons (Fsp3) is 0.286. The highest BCUT2D eigenvalue weighted by Crippen LogP contribution is 2.18. The smallest absolute Gasteiger partial charge is 0.178 e. The molecular weight excluding hydrogens is 282 g/mol. The summed E-state index contributed by atoms with van der Waals surface area (Å²) in [6.45, 7) is 1.93. The maximum Gasteiger partial charge on any atom is 0.178 e. The average Bonchev–Trinajstić information content (AvgIpc) is 3.22. The molecule has 0 bridgehead atoms. The minimum Gasteiger partial charge on any atom is -0.375 e. The minimum absolute atomic E-state index is 0.584. The second kappa shape index (κ2) is 5.57. The van der Waals surface area contributed by atoms with Gasteiger partial charge in [0.05, 0.1) is 36.8 Å². The molecule has 0 aliphatic carbocycles. The molecule has 3 aromatic rings. The lowest BCUT2D eigenvalue weighted by Crippen LogP contribution is -2.08. The maximum absolute atomic E-state index is 5.42. The van der Waals surface area contributed by atoms with E-state index in [1.54, 1.807) is 17.2 Å². The number of hydrogen-bond acceptors (Lipinski definition) is 6. The average molecular weight is 297 g/mol. The van der Waals surface area contributed by atoms with Crippen LogP contribution in [0.1, 0.15) is 17.2 Å². The Hall–Kier alpha value is -2.74. The van der Waals surface area contributed by atoms with Gasteiger partial charge in [0.2, 0.25) is 0 Å². The van der Waals surface area contributed by atoms with Gasteiger partial charge >= 0.3 is 0 Å². The van der Waals surface area contributed by atoms with Gasteiger partial charge in [-0.25, -0.2) is 19.6 Å². The molecule has 1 aliphatic rings. The van der Waals surface area contributed by atoms with Gasteiger partial charge in [0, 0.05) is 12.6 Å². The summed E-state index contributed by atoms with van der Waals surface area (Å²) in [5.74, 6) is 1.60. The summed E-state index contributed by atoms with van der Waals surface area (Å²) >= 11 is 0. The third-order valence-corrected chi connectivity index (χ3v) is 3.51. The molecule has 0 radical (unpaired) electrons. The minimum atomic E-state index is 0.584. The number of aromatic nitrogens is 6. The van der Waals surface area contributed by atoms with Crippen LogP contribution in [0.15, 0.2) is 31.0 Å². The molecular formula is C14H15N7O. The van der Waals surface area contributed by atoms with Gasteiger partial charge in [-0.1, -0.05) is 0 Å². The van der Waals surface area contributed by atoms with E-state index in [1.807, 2.05) is 12.1 Å². The summed E-state index contributed by atoms with van der Waals surface area (Å²) in [6, 6.07) is 3.83. The number of imidazole rings is 1. The van der Waals surface area contributed by atoms with E-state index in [-0.39, 0.29) is 0 Å². The van der Waals surface area contributed by atoms with Crippen molar-refractivity contribution in [3.63, 3.8) is 0 Å². The lowest BCUT2D eigenvalue weighted by molar-refractivity contribution is 0.107. The molecule has 0 fully saturated rings. The van der Waals surface area contributed by atoms with E-state index in [0.29, 0.717) is 19.0 Å². The highest BCUT2D eigenvalue weighted by molar-refractivity contribution is 5.56. The normalized spacial score (nSPS) is 13.8. The summed E-state index contributed by atoms with van der Waals surface area (Å²) in [6.07, 6.45) is 5.70. The molecule has 112 valence electrons. The molecule has 0 spiro atoms. The molecule has 0 amide bonds. The summed E-state index contributed by atoms with van der Waals surface area (Å²) in [5.41, 5.74) is 3.05. The van der Waals surface area contributed by atoms with Crippen molar-refractivity contribution in [2.45, 2.75) is 19.6 Å². The number of rotatable bonds is 4. The van der Waals surface area contributed by atoms with Crippen LogP contribution >= 0.6 is 0 Å². The van der Waals surface area contributed by atoms with Gasteiger partial charge in [-0.2, -0.15) is 5.10 Å². The van der Waals surface area contributed by atoms with E-state index in [4.69, 9.17) is 4.74 Å². The Morgan fingerprint density at radius 1 is 1.41 bits per heavy atom. The van der Waals surface area contributed by atoms with Gasteiger partial charge in [0.1, 0.15) is 18.5 Å². The second-order valence-corrected chi connectivity index (χ2v) is 4.98. The molecule has 4 rings (SSSR count). The van der Waals surface area contributed by atoms with Crippen LogP contribution in [0.25, 0.3) is 5.82 Å². The van der Waals surface area contributed by atoms with Crippen molar-refractivity contribution in [1.82, 2.24) is 29.7 Å². The zero-order valence-corrected chi connectivity index (χ0v) is 11.9. The lowest BCUT2D eigenvalue weighted by atomic mass is 10.2. The number of hydrogen-bond donors (Lipinski definition) is 2. The van der Waals surface area contributed by atoms with Crippen LogP contribution in [0.2, 0.25) is 0 Å². The van der Waals surface area contributed by atoms with Crippen LogP contribution in [-0.2, 0) is 24.3 Å². The van der Waals surface area contributed by atoms with E-state index in [9.17, 15) is 0 Å². The Balaban J connectivity index is 1.53. The van der Waals surface area contributed by atoms with E-state index < -0.39 is 0 Å². The van der Waals surface area contributed by atoms with Crippen LogP contribution in [-0.4, -0.2) is 36.3 Å². The van der Waals surface area contributed by atoms with E-state index in [0.717, 1.165) is 35.9 Å². The second-order valence-electron chi connectivity index (χ2n) is 4.98. The van der Waals surface area contributed by atoms with Gasteiger partial charge in [0.25, 0.3) is 0 Å². The van der Waals surface area contributed by atoms with Crippen molar-refractivity contribution in [2.75, 3.05) is 11.9 Å². The number of nitrogens with one attached hydrogen (secondary N) is 2. The van der Waals surface area contributed by atoms with Crippen LogP contribution in [0.4, 0.5) is 5.69 Å². The third kappa shape index (κ3) is 2.44. The lowest BCUT2D eigenvalue weighted by Gasteiger charge is -2.09. The molecule has 8 heteroatoms. The predicted octanol–water partition coefficient (Wildman–Crippen LogP) is 1.07. The van der Waals surface area contributed by atoms with E-state index >= 15 is 0 Å². The fourth-order valence-corrected chi connectivity index (χ4v) is 2.47. The first-order valence-electron chi connectivity index (χ1n) is 7.08. The van der Waals surface area contributed by atoms with Gasteiger partial charge in [-0.05, 0) is 12.1 Å². The van der Waals surface area contributed by atoms with Crippen molar-refractivity contribution in [2.24, 2.45) is 0 Å². The number of fused-ring (bicyclic) bond motifs is 1. The number of pyridine rings is 1. The first-order chi connectivity index (χ1) is 10.9. The SMILES string of the molecule is c1cnc(-n2cncn2)c(NCc2nc3c([nH]2)COCC3)c1. The molecule has 8 nitrogen and oxygen atoms in total. The topological polar surface area (TPSA) is 93.5 Å². The molecule has 0 saturated carbocycles. The molecule has 2 N–H and O–H groups in total. The van der Waals surface area contributed by atoms with Gasteiger partial charge in [-0.15, -0.1) is 0 Å². The molecule has 0 saturated heterocycles. The van der Waals surface area contributed by atoms with Crippen LogP contribution < -0.4 is 5.32 Å². The van der Waals surface area contributed by atoms with Crippen molar-refractivity contribution in [3.8, 4) is 5.82 Å². The molecule has 22 heavy (non-hydrogen) atoms. The maximum atomic E-state index is 5.42. The first kappa shape index (κ1) is 13.0. The Kier molecular flexibility index (Phi) is 3.28. The Labute approximate surface area is 126 Å². The standard InChI is InChI=1S/C14H15N7O/c1-2-11(14(16-4-1)21-9-15-8-18-21)17-6-13-19-10-3-5-22-7-12(10)20-13/h1-2,4,8-9,17H,3,5-7H2,(H,19,20). The van der Waals surface area contributed by atoms with Crippen LogP contribution in [0, 0.1) is 0 Å². The fourth-order valence-electron chi connectivity index (χ4n) is 2.47. The van der Waals surface area contributed by atoms with Crippen molar-refractivity contribution in [3.05, 3.63) is 48.2 Å². The molecule has 0 aromatic carbocycles. The molecule has 0 unspecified atom stereocenters. The van der Waals surface area contributed by atoms with Crippen LogP contribution in [0.5, 0.6) is 0 Å². The zero-order valence-electron chi connectivity index (χ0n) is 11.9. The zero-order chi connectivity index (χ0) is 14.8. The highest BCUT2D eigenvalue weighted by Gasteiger charge is 2.15. The van der Waals surface area contributed by atoms with Crippen molar-refractivity contribution < 1.29 is 4.74 Å². The monoisotopic (exact) mass is 297 g/mol. The number of H-pyrrole nitrogens is 1. The molecule has 3 aromatic heterocycles. The molecule has 4 heterocycles. The van der Waals surface area contributed by atoms with Gasteiger partial charge < -0.3 is 15.0 Å². The van der Waals surface area contributed by atoms with Gasteiger partial charge in [-0.3, -0.25) is 0 Å². The van der Waals surface area contributed by atoms with E-state index in [2.05, 4.69) is 30.4 Å². The molecule has 0 atom stereocenters. The summed E-state index contributed by atoms with van der Waals surface area (Å²) in [7, 11) is 0. The molecule has 1 aliphatic heterocycles. The summed E-state index contributed by atoms with van der Waals surface area (Å²) < 4.78 is 7.05. The first-order valence-corrected chi connectivity index (χ1v) is 7.08. The quantitative estimate of drug-likeness (QED) is 0.748. The Morgan fingerprint density at radius 2 is 2.41 bits per heavy atom. The number of ether oxygens (including phenoxy) is 1. The Morgan fingerprint density at radius 3 is 3.27 bits per heavy atom. The number of anilines is 1. The summed E-state index contributed by atoms with van der Waals surface area (Å²) in [5, 5.41) is 7.46. The number of nitrogens with zero attached hydrogens (tertiary/aromatic N) is 5. The Bertz CT molecular complexity index is 742. The van der Waals surface area contributed by atoms with Crippen molar-refractivity contribution in [1.29, 1.82) is 0 Å². The highest BCUT2D eigenvalue weighted by atomic mass is 16.5. The number of aromatic amines is 1. The van der Waals surface area contributed by atoms with Crippen LogP contribution in [0.3, 0.4) is 0 Å². The predicted molar refractivity (Wildman–Crippen MR) is 78.4 cm³/mol.